The minimum atomic E-state index is 1.14. The Kier molecular flexibility index (Phi) is 13.8. The third kappa shape index (κ3) is 13.9. The summed E-state index contributed by atoms with van der Waals surface area (Å²) in [6.45, 7) is 11.3. The third-order valence-corrected chi connectivity index (χ3v) is 2.27. The second-order valence-corrected chi connectivity index (χ2v) is 3.96. The van der Waals surface area contributed by atoms with Gasteiger partial charge < -0.3 is 16.0 Å². The minimum Gasteiger partial charge on any atom is -0.317 e. The molecule has 0 heterocycles. The molecule has 92 valence electrons. The van der Waals surface area contributed by atoms with Gasteiger partial charge in [-0.1, -0.05) is 13.8 Å². The highest BCUT2D eigenvalue weighted by atomic mass is 14.9. The lowest BCUT2D eigenvalue weighted by Gasteiger charge is -2.06. The summed E-state index contributed by atoms with van der Waals surface area (Å²) in [6.07, 6.45) is 4.94. The van der Waals surface area contributed by atoms with Gasteiger partial charge in [-0.2, -0.15) is 0 Å². The number of rotatable bonds is 12. The molecule has 0 radical (unpaired) electrons. The van der Waals surface area contributed by atoms with Crippen LogP contribution in [0.5, 0.6) is 0 Å². The van der Waals surface area contributed by atoms with E-state index in [0.29, 0.717) is 0 Å². The van der Waals surface area contributed by atoms with Crippen molar-refractivity contribution in [3.8, 4) is 0 Å². The van der Waals surface area contributed by atoms with Crippen LogP contribution < -0.4 is 16.0 Å². The summed E-state index contributed by atoms with van der Waals surface area (Å²) >= 11 is 0. The first-order chi connectivity index (χ1) is 7.41. The molecule has 3 nitrogen and oxygen atoms in total. The average molecular weight is 215 g/mol. The molecule has 0 aromatic carbocycles. The summed E-state index contributed by atoms with van der Waals surface area (Å²) in [4.78, 5) is 0. The molecule has 0 aromatic rings. The molecule has 0 aliphatic rings. The van der Waals surface area contributed by atoms with Gasteiger partial charge in [0.1, 0.15) is 0 Å². The number of nitrogens with one attached hydrogen (secondary N) is 3. The quantitative estimate of drug-likeness (QED) is 0.430. The van der Waals surface area contributed by atoms with Crippen molar-refractivity contribution in [1.82, 2.24) is 16.0 Å². The molecule has 0 aliphatic heterocycles. The van der Waals surface area contributed by atoms with Crippen molar-refractivity contribution in [2.75, 3.05) is 39.3 Å². The van der Waals surface area contributed by atoms with Crippen LogP contribution in [-0.4, -0.2) is 39.3 Å². The summed E-state index contributed by atoms with van der Waals surface area (Å²) in [6, 6.07) is 0. The zero-order valence-electron chi connectivity index (χ0n) is 10.6. The monoisotopic (exact) mass is 215 g/mol. The van der Waals surface area contributed by atoms with E-state index in [2.05, 4.69) is 29.8 Å². The molecule has 3 N–H and O–H groups in total. The summed E-state index contributed by atoms with van der Waals surface area (Å²) < 4.78 is 0. The van der Waals surface area contributed by atoms with Crippen LogP contribution in [0, 0.1) is 0 Å². The molecular formula is C12H29N3. The van der Waals surface area contributed by atoms with E-state index in [9.17, 15) is 0 Å². The van der Waals surface area contributed by atoms with Gasteiger partial charge in [-0.25, -0.2) is 0 Å². The van der Waals surface area contributed by atoms with Crippen molar-refractivity contribution in [1.29, 1.82) is 0 Å². The normalized spacial score (nSPS) is 10.8. The highest BCUT2D eigenvalue weighted by Gasteiger charge is 1.89. The highest BCUT2D eigenvalue weighted by Crippen LogP contribution is 1.78. The van der Waals surface area contributed by atoms with Gasteiger partial charge in [0.25, 0.3) is 0 Å². The fourth-order valence-electron chi connectivity index (χ4n) is 1.41. The van der Waals surface area contributed by atoms with Gasteiger partial charge in [-0.3, -0.25) is 0 Å². The molecule has 0 unspecified atom stereocenters. The summed E-state index contributed by atoms with van der Waals surface area (Å²) in [5.74, 6) is 0. The lowest BCUT2D eigenvalue weighted by molar-refractivity contribution is 0.563. The van der Waals surface area contributed by atoms with Gasteiger partial charge >= 0.3 is 0 Å². The van der Waals surface area contributed by atoms with Crippen molar-refractivity contribution in [3.05, 3.63) is 0 Å². The van der Waals surface area contributed by atoms with Gasteiger partial charge in [-0.05, 0) is 65.0 Å². The van der Waals surface area contributed by atoms with Gasteiger partial charge in [-0.15, -0.1) is 0 Å². The fourth-order valence-corrected chi connectivity index (χ4v) is 1.41. The molecule has 0 amide bonds. The second kappa shape index (κ2) is 13.9. The van der Waals surface area contributed by atoms with E-state index >= 15 is 0 Å². The van der Waals surface area contributed by atoms with E-state index in [-0.39, 0.29) is 0 Å². The Bertz CT molecular complexity index is 95.0. The summed E-state index contributed by atoms with van der Waals surface area (Å²) in [5.41, 5.74) is 0. The van der Waals surface area contributed by atoms with Crippen LogP contribution in [0.4, 0.5) is 0 Å². The molecule has 3 heteroatoms. The molecular weight excluding hydrogens is 186 g/mol. The standard InChI is InChI=1S/C12H29N3/c1-3-7-13-9-5-11-15-12-6-10-14-8-4-2/h13-15H,3-12H2,1-2H3. The molecule has 0 saturated carbocycles. The largest absolute Gasteiger partial charge is 0.317 e. The van der Waals surface area contributed by atoms with Crippen molar-refractivity contribution in [2.24, 2.45) is 0 Å². The molecule has 0 rings (SSSR count). The number of hydrogen-bond donors (Lipinski definition) is 3. The lowest BCUT2D eigenvalue weighted by atomic mass is 10.3. The van der Waals surface area contributed by atoms with E-state index in [1.54, 1.807) is 0 Å². The highest BCUT2D eigenvalue weighted by molar-refractivity contribution is 4.53. The predicted octanol–water partition coefficient (Wildman–Crippen LogP) is 1.36. The van der Waals surface area contributed by atoms with E-state index in [0.717, 1.165) is 39.3 Å². The summed E-state index contributed by atoms with van der Waals surface area (Å²) in [7, 11) is 0. The van der Waals surface area contributed by atoms with Crippen LogP contribution in [0.25, 0.3) is 0 Å². The van der Waals surface area contributed by atoms with Crippen LogP contribution in [-0.2, 0) is 0 Å². The van der Waals surface area contributed by atoms with Crippen LogP contribution in [0.3, 0.4) is 0 Å². The maximum absolute atomic E-state index is 3.46. The maximum Gasteiger partial charge on any atom is -0.00368 e. The zero-order chi connectivity index (χ0) is 11.2. The van der Waals surface area contributed by atoms with Crippen LogP contribution >= 0.6 is 0 Å². The van der Waals surface area contributed by atoms with Crippen molar-refractivity contribution < 1.29 is 0 Å². The Morgan fingerprint density at radius 2 is 0.867 bits per heavy atom. The van der Waals surface area contributed by atoms with Crippen LogP contribution in [0.2, 0.25) is 0 Å². The molecule has 15 heavy (non-hydrogen) atoms. The van der Waals surface area contributed by atoms with Crippen molar-refractivity contribution in [3.63, 3.8) is 0 Å². The van der Waals surface area contributed by atoms with Crippen molar-refractivity contribution >= 4 is 0 Å². The first kappa shape index (κ1) is 14.9. The predicted molar refractivity (Wildman–Crippen MR) is 68.4 cm³/mol. The van der Waals surface area contributed by atoms with E-state index in [4.69, 9.17) is 0 Å². The fraction of sp³-hybridized carbons (Fsp3) is 1.00. The molecule has 0 atom stereocenters. The maximum atomic E-state index is 3.46. The topological polar surface area (TPSA) is 36.1 Å². The Morgan fingerprint density at radius 1 is 0.533 bits per heavy atom. The number of hydrogen-bond acceptors (Lipinski definition) is 3. The van der Waals surface area contributed by atoms with Gasteiger partial charge in [0.05, 0.1) is 0 Å². The summed E-state index contributed by atoms with van der Waals surface area (Å²) in [5, 5.41) is 10.3. The van der Waals surface area contributed by atoms with Crippen LogP contribution in [0.15, 0.2) is 0 Å². The van der Waals surface area contributed by atoms with E-state index in [1.807, 2.05) is 0 Å². The third-order valence-electron chi connectivity index (χ3n) is 2.27. The molecule has 0 saturated heterocycles. The second-order valence-electron chi connectivity index (χ2n) is 3.96. The molecule has 0 fully saturated rings. The first-order valence-corrected chi connectivity index (χ1v) is 6.54. The van der Waals surface area contributed by atoms with E-state index in [1.165, 1.54) is 25.7 Å². The Labute approximate surface area is 95.4 Å². The van der Waals surface area contributed by atoms with Crippen LogP contribution in [0.1, 0.15) is 39.5 Å². The van der Waals surface area contributed by atoms with Crippen molar-refractivity contribution in [2.45, 2.75) is 39.5 Å². The lowest BCUT2D eigenvalue weighted by Crippen LogP contribution is -2.25. The Morgan fingerprint density at radius 3 is 1.20 bits per heavy atom. The molecule has 0 aromatic heterocycles. The minimum absolute atomic E-state index is 1.14. The smallest absolute Gasteiger partial charge is 0.00368 e. The Balaban J connectivity index is 2.81. The molecule has 0 aliphatic carbocycles. The molecule has 0 bridgehead atoms. The average Bonchev–Trinajstić information content (AvgIpc) is 2.26. The Hall–Kier alpha value is -0.120. The van der Waals surface area contributed by atoms with E-state index < -0.39 is 0 Å². The zero-order valence-corrected chi connectivity index (χ0v) is 10.6. The van der Waals surface area contributed by atoms with Gasteiger partial charge in [0.15, 0.2) is 0 Å². The first-order valence-electron chi connectivity index (χ1n) is 6.54. The molecule has 0 spiro atoms. The van der Waals surface area contributed by atoms with Gasteiger partial charge in [0.2, 0.25) is 0 Å². The van der Waals surface area contributed by atoms with Gasteiger partial charge in [0, 0.05) is 0 Å². The SMILES string of the molecule is CCCNCCCNCCCNCCC.